The lowest BCUT2D eigenvalue weighted by Gasteiger charge is -2.35. The number of likely N-dealkylation sites (tertiary alicyclic amines) is 1. The van der Waals surface area contributed by atoms with Crippen molar-refractivity contribution >= 4 is 0 Å². The lowest BCUT2D eigenvalue weighted by atomic mass is 9.93. The van der Waals surface area contributed by atoms with Crippen molar-refractivity contribution in [2.75, 3.05) is 19.6 Å². The van der Waals surface area contributed by atoms with E-state index < -0.39 is 0 Å². The summed E-state index contributed by atoms with van der Waals surface area (Å²) in [5.41, 5.74) is 6.12. The Morgan fingerprint density at radius 2 is 1.83 bits per heavy atom. The van der Waals surface area contributed by atoms with Crippen LogP contribution in [0.2, 0.25) is 0 Å². The molecule has 3 atom stereocenters. The molecule has 70 valence electrons. The molecule has 0 spiro atoms. The van der Waals surface area contributed by atoms with E-state index in [-0.39, 0.29) is 0 Å². The second-order valence-corrected chi connectivity index (χ2v) is 4.43. The summed E-state index contributed by atoms with van der Waals surface area (Å²) in [6.07, 6.45) is 4.05. The first kappa shape index (κ1) is 8.52. The van der Waals surface area contributed by atoms with Crippen LogP contribution in [0, 0.1) is 11.8 Å². The van der Waals surface area contributed by atoms with Gasteiger partial charge < -0.3 is 10.6 Å². The monoisotopic (exact) mass is 168 g/mol. The average Bonchev–Trinajstić information content (AvgIpc) is 2.33. The largest absolute Gasteiger partial charge is 0.327 e. The van der Waals surface area contributed by atoms with Gasteiger partial charge in [-0.05, 0) is 37.6 Å². The van der Waals surface area contributed by atoms with Gasteiger partial charge in [0.2, 0.25) is 0 Å². The van der Waals surface area contributed by atoms with Crippen LogP contribution in [0.15, 0.2) is 0 Å². The topological polar surface area (TPSA) is 29.3 Å². The molecule has 2 nitrogen and oxygen atoms in total. The van der Waals surface area contributed by atoms with Crippen LogP contribution >= 0.6 is 0 Å². The molecule has 1 saturated heterocycles. The molecular weight excluding hydrogens is 148 g/mol. The number of piperidine rings is 1. The highest BCUT2D eigenvalue weighted by atomic mass is 15.1. The zero-order valence-corrected chi connectivity index (χ0v) is 8.00. The van der Waals surface area contributed by atoms with Gasteiger partial charge in [-0.2, -0.15) is 0 Å². The Hall–Kier alpha value is -0.0800. The van der Waals surface area contributed by atoms with E-state index in [0.29, 0.717) is 6.04 Å². The normalized spacial score (nSPS) is 42.0. The Bertz CT molecular complexity index is 144. The van der Waals surface area contributed by atoms with Gasteiger partial charge in [-0.1, -0.05) is 6.92 Å². The summed E-state index contributed by atoms with van der Waals surface area (Å²) in [7, 11) is 0. The van der Waals surface area contributed by atoms with Crippen LogP contribution in [-0.2, 0) is 0 Å². The van der Waals surface area contributed by atoms with Gasteiger partial charge in [-0.25, -0.2) is 0 Å². The lowest BCUT2D eigenvalue weighted by molar-refractivity contribution is 0.147. The third-order valence-corrected chi connectivity index (χ3v) is 3.52. The molecule has 2 rings (SSSR count). The number of nitrogens with zero attached hydrogens (tertiary/aromatic N) is 1. The molecule has 2 heteroatoms. The SMILES string of the molecule is CCCN1C[C@H]2CC[C@@H](C1)C2N. The Kier molecular flexibility index (Phi) is 2.37. The Balaban J connectivity index is 1.93. The van der Waals surface area contributed by atoms with Gasteiger partial charge in [0, 0.05) is 19.1 Å². The van der Waals surface area contributed by atoms with Gasteiger partial charge in [-0.3, -0.25) is 0 Å². The fraction of sp³-hybridized carbons (Fsp3) is 1.00. The molecule has 0 amide bonds. The molecule has 2 bridgehead atoms. The Labute approximate surface area is 75.1 Å². The molecule has 2 aliphatic rings. The van der Waals surface area contributed by atoms with Crippen molar-refractivity contribution < 1.29 is 0 Å². The molecule has 0 aromatic carbocycles. The minimum Gasteiger partial charge on any atom is -0.327 e. The molecule has 2 N–H and O–H groups in total. The van der Waals surface area contributed by atoms with Crippen molar-refractivity contribution in [3.63, 3.8) is 0 Å². The molecule has 0 aromatic heterocycles. The predicted molar refractivity (Wildman–Crippen MR) is 50.9 cm³/mol. The van der Waals surface area contributed by atoms with E-state index >= 15 is 0 Å². The summed E-state index contributed by atoms with van der Waals surface area (Å²) in [5.74, 6) is 1.63. The maximum absolute atomic E-state index is 6.12. The van der Waals surface area contributed by atoms with Crippen molar-refractivity contribution in [1.29, 1.82) is 0 Å². The summed E-state index contributed by atoms with van der Waals surface area (Å²) >= 11 is 0. The predicted octanol–water partition coefficient (Wildman–Crippen LogP) is 1.07. The number of hydrogen-bond donors (Lipinski definition) is 1. The molecule has 2 fully saturated rings. The second-order valence-electron chi connectivity index (χ2n) is 4.43. The molecule has 1 heterocycles. The molecule has 1 aliphatic carbocycles. The van der Waals surface area contributed by atoms with Crippen LogP contribution in [-0.4, -0.2) is 30.6 Å². The van der Waals surface area contributed by atoms with Crippen molar-refractivity contribution in [2.24, 2.45) is 17.6 Å². The van der Waals surface area contributed by atoms with Crippen molar-refractivity contribution in [3.05, 3.63) is 0 Å². The maximum atomic E-state index is 6.12. The summed E-state index contributed by atoms with van der Waals surface area (Å²) in [5, 5.41) is 0. The summed E-state index contributed by atoms with van der Waals surface area (Å²) in [4.78, 5) is 2.60. The van der Waals surface area contributed by atoms with Gasteiger partial charge in [0.1, 0.15) is 0 Å². The van der Waals surface area contributed by atoms with E-state index in [9.17, 15) is 0 Å². The molecule has 1 unspecified atom stereocenters. The minimum atomic E-state index is 0.526. The first-order valence-corrected chi connectivity index (χ1v) is 5.29. The third-order valence-electron chi connectivity index (χ3n) is 3.52. The third kappa shape index (κ3) is 1.38. The Morgan fingerprint density at radius 3 is 2.33 bits per heavy atom. The number of rotatable bonds is 2. The average molecular weight is 168 g/mol. The van der Waals surface area contributed by atoms with Crippen molar-refractivity contribution in [1.82, 2.24) is 4.90 Å². The maximum Gasteiger partial charge on any atom is 0.0120 e. The van der Waals surface area contributed by atoms with E-state index in [1.54, 1.807) is 0 Å². The lowest BCUT2D eigenvalue weighted by Crippen LogP contribution is -2.48. The highest BCUT2D eigenvalue weighted by Gasteiger charge is 2.39. The fourth-order valence-corrected chi connectivity index (χ4v) is 2.86. The van der Waals surface area contributed by atoms with Gasteiger partial charge in [0.05, 0.1) is 0 Å². The molecule has 1 saturated carbocycles. The highest BCUT2D eigenvalue weighted by molar-refractivity contribution is 4.95. The standard InChI is InChI=1S/C10H20N2/c1-2-5-12-6-8-3-4-9(7-12)10(8)11/h8-10H,2-7,11H2,1H3/t8-,9+,10?. The zero-order chi connectivity index (χ0) is 8.55. The van der Waals surface area contributed by atoms with Crippen LogP contribution in [0.25, 0.3) is 0 Å². The van der Waals surface area contributed by atoms with Gasteiger partial charge in [-0.15, -0.1) is 0 Å². The fourth-order valence-electron chi connectivity index (χ4n) is 2.86. The van der Waals surface area contributed by atoms with E-state index in [0.717, 1.165) is 11.8 Å². The van der Waals surface area contributed by atoms with E-state index in [2.05, 4.69) is 11.8 Å². The van der Waals surface area contributed by atoms with E-state index in [4.69, 9.17) is 5.73 Å². The first-order valence-electron chi connectivity index (χ1n) is 5.29. The van der Waals surface area contributed by atoms with Crippen LogP contribution < -0.4 is 5.73 Å². The summed E-state index contributed by atoms with van der Waals surface area (Å²) < 4.78 is 0. The smallest absolute Gasteiger partial charge is 0.0120 e. The first-order chi connectivity index (χ1) is 5.81. The second kappa shape index (κ2) is 3.35. The molecular formula is C10H20N2. The zero-order valence-electron chi connectivity index (χ0n) is 8.00. The van der Waals surface area contributed by atoms with Gasteiger partial charge in [0.15, 0.2) is 0 Å². The molecule has 1 aliphatic heterocycles. The van der Waals surface area contributed by atoms with E-state index in [1.165, 1.54) is 38.9 Å². The number of nitrogens with two attached hydrogens (primary N) is 1. The van der Waals surface area contributed by atoms with Gasteiger partial charge in [0.25, 0.3) is 0 Å². The van der Waals surface area contributed by atoms with Crippen LogP contribution in [0.1, 0.15) is 26.2 Å². The summed E-state index contributed by atoms with van der Waals surface area (Å²) in [6.45, 7) is 6.08. The van der Waals surface area contributed by atoms with Crippen LogP contribution in [0.5, 0.6) is 0 Å². The number of hydrogen-bond acceptors (Lipinski definition) is 2. The minimum absolute atomic E-state index is 0.526. The molecule has 0 radical (unpaired) electrons. The quantitative estimate of drug-likeness (QED) is 0.668. The number of fused-ring (bicyclic) bond motifs is 2. The molecule has 12 heavy (non-hydrogen) atoms. The van der Waals surface area contributed by atoms with Crippen LogP contribution in [0.3, 0.4) is 0 Å². The van der Waals surface area contributed by atoms with Crippen molar-refractivity contribution in [2.45, 2.75) is 32.2 Å². The van der Waals surface area contributed by atoms with E-state index in [1.807, 2.05) is 0 Å². The van der Waals surface area contributed by atoms with Crippen molar-refractivity contribution in [3.8, 4) is 0 Å². The van der Waals surface area contributed by atoms with Gasteiger partial charge >= 0.3 is 0 Å². The summed E-state index contributed by atoms with van der Waals surface area (Å²) in [6, 6.07) is 0.526. The molecule has 0 aromatic rings. The Morgan fingerprint density at radius 1 is 1.25 bits per heavy atom. The van der Waals surface area contributed by atoms with Crippen LogP contribution in [0.4, 0.5) is 0 Å². The highest BCUT2D eigenvalue weighted by Crippen LogP contribution is 2.35.